The number of aromatic nitrogens is 3. The number of fused-ring (bicyclic) bond motifs is 1. The van der Waals surface area contributed by atoms with Crippen LogP contribution in [-0.4, -0.2) is 25.2 Å². The number of para-hydroxylation sites is 1. The van der Waals surface area contributed by atoms with Gasteiger partial charge in [-0.3, -0.25) is 0 Å². The molecule has 4 rings (SSSR count). The molecular formula is C16H15N3O2. The number of carbonyl (C=O) groups is 1. The van der Waals surface area contributed by atoms with Crippen molar-refractivity contribution in [2.24, 2.45) is 0 Å². The fraction of sp³-hybridized carbons (Fsp3) is 0.250. The Hall–Kier alpha value is -2.56. The monoisotopic (exact) mass is 281 g/mol. The lowest BCUT2D eigenvalue weighted by Crippen LogP contribution is -2.07. The van der Waals surface area contributed by atoms with Gasteiger partial charge in [0.05, 0.1) is 29.6 Å². The van der Waals surface area contributed by atoms with Crippen LogP contribution in [-0.2, 0) is 6.54 Å². The van der Waals surface area contributed by atoms with Crippen LogP contribution in [0.25, 0.3) is 10.9 Å². The van der Waals surface area contributed by atoms with E-state index in [0.717, 1.165) is 16.6 Å². The summed E-state index contributed by atoms with van der Waals surface area (Å²) in [6.45, 7) is 0.643. The van der Waals surface area contributed by atoms with Crippen molar-refractivity contribution >= 4 is 16.9 Å². The summed E-state index contributed by atoms with van der Waals surface area (Å²) in [5, 5.41) is 10.3. The zero-order valence-electron chi connectivity index (χ0n) is 11.4. The van der Waals surface area contributed by atoms with Gasteiger partial charge in [0.2, 0.25) is 0 Å². The molecule has 0 bridgehead atoms. The van der Waals surface area contributed by atoms with Gasteiger partial charge in [0.1, 0.15) is 0 Å². The second-order valence-electron chi connectivity index (χ2n) is 5.52. The third kappa shape index (κ3) is 2.01. The van der Waals surface area contributed by atoms with Gasteiger partial charge in [-0.05, 0) is 25.0 Å². The van der Waals surface area contributed by atoms with Crippen molar-refractivity contribution in [1.29, 1.82) is 0 Å². The lowest BCUT2D eigenvalue weighted by atomic mass is 10.1. The van der Waals surface area contributed by atoms with E-state index in [1.165, 1.54) is 12.8 Å². The number of nitrogens with zero attached hydrogens (tertiary/aromatic N) is 3. The van der Waals surface area contributed by atoms with E-state index in [-0.39, 0.29) is 0 Å². The number of carboxylic acid groups (broad SMARTS) is 1. The maximum Gasteiger partial charge on any atom is 0.337 e. The van der Waals surface area contributed by atoms with Crippen molar-refractivity contribution in [3.63, 3.8) is 0 Å². The topological polar surface area (TPSA) is 60.0 Å². The molecule has 0 aliphatic heterocycles. The zero-order chi connectivity index (χ0) is 14.4. The average Bonchev–Trinajstić information content (AvgIpc) is 3.08. The Labute approximate surface area is 121 Å². The van der Waals surface area contributed by atoms with Crippen LogP contribution in [0.5, 0.6) is 0 Å². The zero-order valence-corrected chi connectivity index (χ0v) is 11.4. The minimum Gasteiger partial charge on any atom is -0.478 e. The minimum atomic E-state index is -0.892. The van der Waals surface area contributed by atoms with Gasteiger partial charge in [0.15, 0.2) is 0 Å². The molecule has 1 aliphatic rings. The molecule has 3 aromatic rings. The highest BCUT2D eigenvalue weighted by atomic mass is 16.4. The van der Waals surface area contributed by atoms with Gasteiger partial charge in [0.25, 0.3) is 0 Å². The van der Waals surface area contributed by atoms with Crippen molar-refractivity contribution in [1.82, 2.24) is 14.1 Å². The molecule has 0 amide bonds. The highest BCUT2D eigenvalue weighted by Crippen LogP contribution is 2.36. The van der Waals surface area contributed by atoms with Crippen LogP contribution in [0.15, 0.2) is 43.0 Å². The highest BCUT2D eigenvalue weighted by Gasteiger charge is 2.25. The Kier molecular flexibility index (Phi) is 2.60. The summed E-state index contributed by atoms with van der Waals surface area (Å²) >= 11 is 0. The molecule has 106 valence electrons. The molecule has 1 N–H and O–H groups in total. The van der Waals surface area contributed by atoms with E-state index in [9.17, 15) is 9.90 Å². The maximum absolute atomic E-state index is 11.4. The van der Waals surface area contributed by atoms with Crippen LogP contribution < -0.4 is 0 Å². The Bertz CT molecular complexity index is 827. The quantitative estimate of drug-likeness (QED) is 0.800. The molecule has 0 radical (unpaired) electrons. The van der Waals surface area contributed by atoms with Crippen LogP contribution >= 0.6 is 0 Å². The summed E-state index contributed by atoms with van der Waals surface area (Å²) in [6.07, 6.45) is 8.10. The number of rotatable bonds is 4. The molecular weight excluding hydrogens is 266 g/mol. The van der Waals surface area contributed by atoms with Crippen LogP contribution in [0.4, 0.5) is 0 Å². The molecule has 5 heteroatoms. The first kappa shape index (κ1) is 12.2. The molecule has 0 unspecified atom stereocenters. The predicted molar refractivity (Wildman–Crippen MR) is 78.5 cm³/mol. The van der Waals surface area contributed by atoms with Crippen LogP contribution in [0.3, 0.4) is 0 Å². The molecule has 0 spiro atoms. The first-order valence-corrected chi connectivity index (χ1v) is 7.06. The van der Waals surface area contributed by atoms with Crippen molar-refractivity contribution in [2.45, 2.75) is 25.4 Å². The van der Waals surface area contributed by atoms with Crippen molar-refractivity contribution in [2.75, 3.05) is 0 Å². The third-order valence-electron chi connectivity index (χ3n) is 4.04. The van der Waals surface area contributed by atoms with E-state index >= 15 is 0 Å². The van der Waals surface area contributed by atoms with E-state index in [4.69, 9.17) is 0 Å². The molecule has 2 aromatic heterocycles. The number of benzene rings is 1. The highest BCUT2D eigenvalue weighted by molar-refractivity contribution is 6.02. The fourth-order valence-corrected chi connectivity index (χ4v) is 2.88. The number of imidazole rings is 1. The maximum atomic E-state index is 11.4. The summed E-state index contributed by atoms with van der Waals surface area (Å²) in [5.41, 5.74) is 2.23. The Morgan fingerprint density at radius 1 is 1.33 bits per heavy atom. The van der Waals surface area contributed by atoms with E-state index in [2.05, 4.69) is 9.55 Å². The molecule has 21 heavy (non-hydrogen) atoms. The molecule has 2 heterocycles. The minimum absolute atomic E-state index is 0.343. The number of aromatic carboxylic acids is 1. The van der Waals surface area contributed by atoms with Crippen molar-refractivity contribution < 1.29 is 9.90 Å². The summed E-state index contributed by atoms with van der Waals surface area (Å²) in [4.78, 5) is 15.7. The summed E-state index contributed by atoms with van der Waals surface area (Å²) in [5.74, 6) is -0.892. The predicted octanol–water partition coefficient (Wildman–Crippen LogP) is 2.92. The molecule has 1 aliphatic carbocycles. The van der Waals surface area contributed by atoms with Gasteiger partial charge in [0, 0.05) is 23.8 Å². The van der Waals surface area contributed by atoms with Crippen molar-refractivity contribution in [3.05, 3.63) is 54.2 Å². The third-order valence-corrected chi connectivity index (χ3v) is 4.04. The second-order valence-corrected chi connectivity index (χ2v) is 5.52. The number of hydrogen-bond donors (Lipinski definition) is 1. The largest absolute Gasteiger partial charge is 0.478 e. The lowest BCUT2D eigenvalue weighted by molar-refractivity contribution is 0.0698. The second kappa shape index (κ2) is 4.48. The van der Waals surface area contributed by atoms with Gasteiger partial charge in [-0.25, -0.2) is 9.78 Å². The average molecular weight is 281 g/mol. The van der Waals surface area contributed by atoms with Gasteiger partial charge < -0.3 is 14.2 Å². The molecule has 5 nitrogen and oxygen atoms in total. The first-order valence-electron chi connectivity index (χ1n) is 7.06. The van der Waals surface area contributed by atoms with Gasteiger partial charge in [-0.15, -0.1) is 0 Å². The molecule has 1 aromatic carbocycles. The standard InChI is InChI=1S/C16H15N3O2/c20-16(21)14-3-1-2-11-6-7-18(15(11)14)9-13-8-17-10-19(13)12-4-5-12/h1-3,6-8,10,12H,4-5,9H2,(H,20,21). The molecule has 0 atom stereocenters. The Balaban J connectivity index is 1.79. The van der Waals surface area contributed by atoms with E-state index in [1.54, 1.807) is 12.1 Å². The summed E-state index contributed by atoms with van der Waals surface area (Å²) in [7, 11) is 0. The van der Waals surface area contributed by atoms with Gasteiger partial charge in [-0.2, -0.15) is 0 Å². The molecule has 1 saturated carbocycles. The van der Waals surface area contributed by atoms with E-state index in [1.807, 2.05) is 35.4 Å². The summed E-state index contributed by atoms with van der Waals surface area (Å²) < 4.78 is 4.20. The normalized spacial score (nSPS) is 14.7. The van der Waals surface area contributed by atoms with E-state index in [0.29, 0.717) is 18.2 Å². The first-order chi connectivity index (χ1) is 10.2. The fourth-order valence-electron chi connectivity index (χ4n) is 2.88. The van der Waals surface area contributed by atoms with Gasteiger partial charge in [-0.1, -0.05) is 12.1 Å². The Morgan fingerprint density at radius 2 is 2.19 bits per heavy atom. The SMILES string of the molecule is O=C(O)c1cccc2ccn(Cc3cncn3C3CC3)c12. The van der Waals surface area contributed by atoms with Crippen LogP contribution in [0, 0.1) is 0 Å². The van der Waals surface area contributed by atoms with E-state index < -0.39 is 5.97 Å². The number of carboxylic acids is 1. The Morgan fingerprint density at radius 3 is 2.95 bits per heavy atom. The molecule has 0 saturated heterocycles. The lowest BCUT2D eigenvalue weighted by Gasteiger charge is -2.10. The molecule has 1 fully saturated rings. The van der Waals surface area contributed by atoms with Gasteiger partial charge >= 0.3 is 5.97 Å². The summed E-state index contributed by atoms with van der Waals surface area (Å²) in [6, 6.07) is 7.91. The van der Waals surface area contributed by atoms with Crippen molar-refractivity contribution in [3.8, 4) is 0 Å². The van der Waals surface area contributed by atoms with Crippen LogP contribution in [0.1, 0.15) is 34.9 Å². The smallest absolute Gasteiger partial charge is 0.337 e. The number of hydrogen-bond acceptors (Lipinski definition) is 2. The van der Waals surface area contributed by atoms with Crippen LogP contribution in [0.2, 0.25) is 0 Å².